The van der Waals surface area contributed by atoms with Crippen molar-refractivity contribution in [2.24, 2.45) is 4.99 Å². The minimum absolute atomic E-state index is 0.121. The van der Waals surface area contributed by atoms with Gasteiger partial charge in [-0.05, 0) is 43.0 Å². The van der Waals surface area contributed by atoms with Crippen molar-refractivity contribution in [3.8, 4) is 12.3 Å². The highest BCUT2D eigenvalue weighted by Crippen LogP contribution is 2.39. The number of amides is 2. The van der Waals surface area contributed by atoms with Crippen LogP contribution in [0.4, 0.5) is 5.00 Å². The molecule has 2 heterocycles. The Kier molecular flexibility index (Phi) is 7.65. The van der Waals surface area contributed by atoms with Crippen molar-refractivity contribution in [3.63, 3.8) is 0 Å². The van der Waals surface area contributed by atoms with Crippen LogP contribution in [-0.4, -0.2) is 49.4 Å². The number of benzene rings is 1. The number of esters is 1. The number of aryl methyl sites for hydroxylation is 1. The SMILES string of the molecule is C#CCn1c(=NC(=O)CS(=O)(=O)CC(=O)Nc2sc3c(c2C(=O)OC)CCC3)sc2cc(Cl)ccc21. The molecule has 3 aromatic rings. The standard InChI is InChI=1S/C23H20ClN3O6S3/c1-3-9-27-15-8-7-13(24)10-17(15)35-23(27)26-19(29)12-36(31,32)11-18(28)25-21-20(22(30)33-2)14-5-4-6-16(14)34-21/h1,7-8,10H,4-6,9,11-12H2,2H3,(H,25,28). The second-order valence-corrected chi connectivity index (χ2v) is 12.5. The number of terminal acetylenes is 1. The Morgan fingerprint density at radius 1 is 1.25 bits per heavy atom. The van der Waals surface area contributed by atoms with Crippen molar-refractivity contribution >= 4 is 77.1 Å². The van der Waals surface area contributed by atoms with E-state index in [4.69, 9.17) is 22.8 Å². The average molecular weight is 566 g/mol. The lowest BCUT2D eigenvalue weighted by molar-refractivity contribution is -0.115. The number of thiazole rings is 1. The van der Waals surface area contributed by atoms with Gasteiger partial charge >= 0.3 is 5.97 Å². The van der Waals surface area contributed by atoms with Gasteiger partial charge in [0.2, 0.25) is 5.91 Å². The molecule has 0 unspecified atom stereocenters. The summed E-state index contributed by atoms with van der Waals surface area (Å²) in [5, 5.41) is 3.25. The predicted molar refractivity (Wildman–Crippen MR) is 139 cm³/mol. The summed E-state index contributed by atoms with van der Waals surface area (Å²) < 4.78 is 32.4. The Hall–Kier alpha value is -2.98. The van der Waals surface area contributed by atoms with Crippen LogP contribution in [0, 0.1) is 12.3 Å². The van der Waals surface area contributed by atoms with E-state index in [1.54, 1.807) is 22.8 Å². The lowest BCUT2D eigenvalue weighted by Crippen LogP contribution is -2.28. The second-order valence-electron chi connectivity index (χ2n) is 7.93. The normalized spacial score (nSPS) is 13.4. The molecule has 0 aliphatic heterocycles. The number of nitrogens with one attached hydrogen (secondary N) is 1. The number of halogens is 1. The fourth-order valence-corrected chi connectivity index (χ4v) is 7.56. The molecule has 1 aliphatic rings. The number of anilines is 1. The summed E-state index contributed by atoms with van der Waals surface area (Å²) in [7, 11) is -2.91. The molecule has 0 atom stereocenters. The van der Waals surface area contributed by atoms with E-state index in [0.29, 0.717) is 17.0 Å². The topological polar surface area (TPSA) is 124 Å². The molecule has 36 heavy (non-hydrogen) atoms. The second kappa shape index (κ2) is 10.6. The third-order valence-electron chi connectivity index (χ3n) is 5.37. The summed E-state index contributed by atoms with van der Waals surface area (Å²) in [6, 6.07) is 5.10. The molecule has 0 fully saturated rings. The van der Waals surface area contributed by atoms with Crippen LogP contribution in [-0.2, 0) is 43.5 Å². The lowest BCUT2D eigenvalue weighted by atomic mass is 10.1. The lowest BCUT2D eigenvalue weighted by Gasteiger charge is -2.07. The van der Waals surface area contributed by atoms with Crippen molar-refractivity contribution in [1.82, 2.24) is 4.57 Å². The van der Waals surface area contributed by atoms with Gasteiger partial charge in [0, 0.05) is 9.90 Å². The first-order valence-corrected chi connectivity index (χ1v) is 14.5. The Bertz CT molecular complexity index is 1610. The first kappa shape index (κ1) is 26.1. The molecule has 1 N–H and O–H groups in total. The molecular weight excluding hydrogens is 546 g/mol. The number of carbonyl (C=O) groups is 3. The molecule has 2 aromatic heterocycles. The molecule has 4 rings (SSSR count). The van der Waals surface area contributed by atoms with Crippen molar-refractivity contribution in [1.29, 1.82) is 0 Å². The van der Waals surface area contributed by atoms with Crippen molar-refractivity contribution in [2.75, 3.05) is 23.9 Å². The smallest absolute Gasteiger partial charge is 0.341 e. The fraction of sp³-hybridized carbons (Fsp3) is 0.304. The number of fused-ring (bicyclic) bond motifs is 2. The number of hydrogen-bond donors (Lipinski definition) is 1. The summed E-state index contributed by atoms with van der Waals surface area (Å²) in [6.07, 6.45) is 7.79. The number of ether oxygens (including phenoxy) is 1. The Labute approximate surface area is 219 Å². The zero-order chi connectivity index (χ0) is 26.0. The van der Waals surface area contributed by atoms with E-state index in [1.807, 2.05) is 0 Å². The maximum atomic E-state index is 12.6. The van der Waals surface area contributed by atoms with Crippen molar-refractivity contribution in [3.05, 3.63) is 44.0 Å². The van der Waals surface area contributed by atoms with Crippen LogP contribution in [0.25, 0.3) is 10.2 Å². The molecule has 0 bridgehead atoms. The van der Waals surface area contributed by atoms with Gasteiger partial charge in [0.05, 0.1) is 29.4 Å². The van der Waals surface area contributed by atoms with Crippen molar-refractivity contribution in [2.45, 2.75) is 25.8 Å². The van der Waals surface area contributed by atoms with E-state index in [0.717, 1.165) is 39.3 Å². The Morgan fingerprint density at radius 3 is 2.75 bits per heavy atom. The van der Waals surface area contributed by atoms with Gasteiger partial charge in [-0.15, -0.1) is 17.8 Å². The van der Waals surface area contributed by atoms with Gasteiger partial charge in [0.15, 0.2) is 14.6 Å². The van der Waals surface area contributed by atoms with Crippen molar-refractivity contribution < 1.29 is 27.5 Å². The quantitative estimate of drug-likeness (QED) is 0.347. The van der Waals surface area contributed by atoms with Gasteiger partial charge < -0.3 is 14.6 Å². The summed E-state index contributed by atoms with van der Waals surface area (Å²) in [6.45, 7) is 0.121. The summed E-state index contributed by atoms with van der Waals surface area (Å²) in [5.74, 6) is -1.80. The highest BCUT2D eigenvalue weighted by Gasteiger charge is 2.29. The maximum absolute atomic E-state index is 12.6. The summed E-state index contributed by atoms with van der Waals surface area (Å²) in [5.41, 5.74) is 1.79. The van der Waals surface area contributed by atoms with Crippen LogP contribution in [0.3, 0.4) is 0 Å². The highest BCUT2D eigenvalue weighted by molar-refractivity contribution is 7.92. The highest BCUT2D eigenvalue weighted by atomic mass is 35.5. The molecule has 0 saturated heterocycles. The zero-order valence-electron chi connectivity index (χ0n) is 19.0. The molecule has 0 radical (unpaired) electrons. The van der Waals surface area contributed by atoms with E-state index in [-0.39, 0.29) is 21.9 Å². The van der Waals surface area contributed by atoms with Crippen LogP contribution in [0.1, 0.15) is 27.2 Å². The van der Waals surface area contributed by atoms with E-state index in [2.05, 4.69) is 16.2 Å². The third-order valence-corrected chi connectivity index (χ3v) is 9.24. The number of sulfone groups is 1. The molecule has 1 aromatic carbocycles. The number of carbonyl (C=O) groups excluding carboxylic acids is 3. The summed E-state index contributed by atoms with van der Waals surface area (Å²) >= 11 is 8.41. The van der Waals surface area contributed by atoms with Gasteiger partial charge in [-0.1, -0.05) is 28.9 Å². The van der Waals surface area contributed by atoms with Crippen LogP contribution < -0.4 is 10.1 Å². The third kappa shape index (κ3) is 5.54. The monoisotopic (exact) mass is 565 g/mol. The molecule has 188 valence electrons. The maximum Gasteiger partial charge on any atom is 0.341 e. The van der Waals surface area contributed by atoms with E-state index in [9.17, 15) is 22.8 Å². The number of rotatable bonds is 7. The molecule has 2 amide bonds. The molecule has 0 saturated carbocycles. The van der Waals surface area contributed by atoms with Crippen LogP contribution in [0.2, 0.25) is 5.02 Å². The van der Waals surface area contributed by atoms with E-state index < -0.39 is 39.1 Å². The average Bonchev–Trinajstić information content (AvgIpc) is 3.45. The molecule has 0 spiro atoms. The first-order valence-electron chi connectivity index (χ1n) is 10.6. The van der Waals surface area contributed by atoms with Gasteiger partial charge in [-0.3, -0.25) is 9.59 Å². The number of methoxy groups -OCH3 is 1. The largest absolute Gasteiger partial charge is 0.465 e. The number of nitrogens with zero attached hydrogens (tertiary/aromatic N) is 2. The van der Waals surface area contributed by atoms with E-state index in [1.165, 1.54) is 18.4 Å². The Balaban J connectivity index is 1.50. The number of aromatic nitrogens is 1. The number of thiophene rings is 1. The van der Waals surface area contributed by atoms with Gasteiger partial charge in [-0.2, -0.15) is 4.99 Å². The zero-order valence-corrected chi connectivity index (χ0v) is 22.2. The van der Waals surface area contributed by atoms with E-state index >= 15 is 0 Å². The predicted octanol–water partition coefficient (Wildman–Crippen LogP) is 2.81. The first-order chi connectivity index (χ1) is 17.1. The molecule has 1 aliphatic carbocycles. The molecule has 9 nitrogen and oxygen atoms in total. The summed E-state index contributed by atoms with van der Waals surface area (Å²) in [4.78, 5) is 42.4. The Morgan fingerprint density at radius 2 is 2.03 bits per heavy atom. The van der Waals surface area contributed by atoms with Crippen LogP contribution in [0.5, 0.6) is 0 Å². The minimum atomic E-state index is -4.15. The molecule has 13 heteroatoms. The number of hydrogen-bond acceptors (Lipinski definition) is 8. The van der Waals surface area contributed by atoms with Gasteiger partial charge in [0.25, 0.3) is 5.91 Å². The van der Waals surface area contributed by atoms with Crippen LogP contribution >= 0.6 is 34.3 Å². The van der Waals surface area contributed by atoms with Gasteiger partial charge in [0.1, 0.15) is 16.5 Å². The molecular formula is C23H20ClN3O6S3. The minimum Gasteiger partial charge on any atom is -0.465 e. The fourth-order valence-electron chi connectivity index (χ4n) is 3.93. The van der Waals surface area contributed by atoms with Gasteiger partial charge in [-0.25, -0.2) is 13.2 Å². The van der Waals surface area contributed by atoms with Crippen LogP contribution in [0.15, 0.2) is 23.2 Å².